The van der Waals surface area contributed by atoms with Gasteiger partial charge >= 0.3 is 0 Å². The van der Waals surface area contributed by atoms with Crippen molar-refractivity contribution in [3.05, 3.63) is 60.7 Å². The summed E-state index contributed by atoms with van der Waals surface area (Å²) >= 11 is 0. The molecule has 0 saturated carbocycles. The third-order valence-electron chi connectivity index (χ3n) is 2.77. The van der Waals surface area contributed by atoms with Crippen molar-refractivity contribution in [3.8, 4) is 0 Å². The number of oxime groups is 1. The lowest BCUT2D eigenvalue weighted by atomic mass is 10.4. The Morgan fingerprint density at radius 1 is 0.944 bits per heavy atom. The van der Waals surface area contributed by atoms with E-state index in [1.165, 1.54) is 6.21 Å². The Morgan fingerprint density at radius 2 is 1.39 bits per heavy atom. The van der Waals surface area contributed by atoms with Crippen LogP contribution in [0.3, 0.4) is 0 Å². The topological polar surface area (TPSA) is 49.7 Å². The van der Waals surface area contributed by atoms with Gasteiger partial charge in [-0.15, -0.1) is 5.16 Å². The quantitative estimate of drug-likeness (QED) is 0.397. The molecule has 92 valence electrons. The summed E-state index contributed by atoms with van der Waals surface area (Å²) in [6.45, 7) is 0. The number of rotatable bonds is 4. The third kappa shape index (κ3) is 2.52. The van der Waals surface area contributed by atoms with Crippen molar-refractivity contribution in [2.75, 3.05) is 6.16 Å². The highest BCUT2D eigenvalue weighted by Gasteiger charge is 2.25. The summed E-state index contributed by atoms with van der Waals surface area (Å²) in [6, 6.07) is 18.6. The minimum Gasteiger partial charge on any atom is -0.411 e. The molecule has 0 heterocycles. The van der Waals surface area contributed by atoms with E-state index in [9.17, 15) is 4.57 Å². The maximum Gasteiger partial charge on any atom is 0.148 e. The van der Waals surface area contributed by atoms with Gasteiger partial charge in [-0.3, -0.25) is 0 Å². The number of nitrogens with zero attached hydrogens (tertiary/aromatic N) is 1. The van der Waals surface area contributed by atoms with Crippen molar-refractivity contribution in [1.82, 2.24) is 0 Å². The van der Waals surface area contributed by atoms with Gasteiger partial charge in [0.1, 0.15) is 7.14 Å². The Bertz CT molecular complexity index is 523. The van der Waals surface area contributed by atoms with Gasteiger partial charge in [0.2, 0.25) is 0 Å². The number of hydrogen-bond donors (Lipinski definition) is 1. The normalized spacial score (nSPS) is 11.8. The number of benzene rings is 2. The zero-order chi connectivity index (χ0) is 12.8. The van der Waals surface area contributed by atoms with Crippen molar-refractivity contribution in [2.24, 2.45) is 5.16 Å². The zero-order valence-corrected chi connectivity index (χ0v) is 10.7. The van der Waals surface area contributed by atoms with Gasteiger partial charge in [0, 0.05) is 16.8 Å². The third-order valence-corrected chi connectivity index (χ3v) is 5.71. The molecule has 0 radical (unpaired) electrons. The first-order valence-electron chi connectivity index (χ1n) is 5.63. The summed E-state index contributed by atoms with van der Waals surface area (Å²) in [4.78, 5) is 0. The molecule has 4 heteroatoms. The van der Waals surface area contributed by atoms with Crippen LogP contribution in [0.2, 0.25) is 0 Å². The van der Waals surface area contributed by atoms with Crippen molar-refractivity contribution in [2.45, 2.75) is 0 Å². The Kier molecular flexibility index (Phi) is 3.96. The van der Waals surface area contributed by atoms with Gasteiger partial charge in [-0.2, -0.15) is 0 Å². The van der Waals surface area contributed by atoms with Crippen LogP contribution in [0.4, 0.5) is 0 Å². The summed E-state index contributed by atoms with van der Waals surface area (Å²) in [5.74, 6) is 0. The molecule has 18 heavy (non-hydrogen) atoms. The van der Waals surface area contributed by atoms with Crippen LogP contribution in [0.25, 0.3) is 0 Å². The Hall–Kier alpha value is -1.86. The first-order chi connectivity index (χ1) is 8.77. The maximum atomic E-state index is 13.2. The van der Waals surface area contributed by atoms with Gasteiger partial charge in [-0.1, -0.05) is 60.7 Å². The SMILES string of the molecule is O=P(C/C=N/O)(c1ccccc1)c1ccccc1. The molecule has 2 aromatic carbocycles. The van der Waals surface area contributed by atoms with Crippen LogP contribution in [-0.2, 0) is 4.57 Å². The molecule has 0 saturated heterocycles. The average molecular weight is 259 g/mol. The van der Waals surface area contributed by atoms with Gasteiger partial charge in [0.05, 0.1) is 6.21 Å². The molecule has 2 aromatic rings. The predicted octanol–water partition coefficient (Wildman–Crippen LogP) is 2.46. The molecule has 0 aliphatic rings. The predicted molar refractivity (Wildman–Crippen MR) is 74.9 cm³/mol. The molecule has 2 rings (SSSR count). The van der Waals surface area contributed by atoms with Crippen LogP contribution in [0.5, 0.6) is 0 Å². The van der Waals surface area contributed by atoms with Crippen molar-refractivity contribution < 1.29 is 9.77 Å². The molecule has 0 amide bonds. The monoisotopic (exact) mass is 259 g/mol. The highest BCUT2D eigenvalue weighted by molar-refractivity contribution is 7.79. The second-order valence-electron chi connectivity index (χ2n) is 3.89. The van der Waals surface area contributed by atoms with E-state index in [1.807, 2.05) is 60.7 Å². The second-order valence-corrected chi connectivity index (χ2v) is 6.77. The molecule has 0 spiro atoms. The van der Waals surface area contributed by atoms with Gasteiger partial charge in [0.25, 0.3) is 0 Å². The Morgan fingerprint density at radius 3 is 1.78 bits per heavy atom. The van der Waals surface area contributed by atoms with Crippen LogP contribution in [0.15, 0.2) is 65.8 Å². The van der Waals surface area contributed by atoms with Crippen LogP contribution in [0.1, 0.15) is 0 Å². The van der Waals surface area contributed by atoms with Crippen LogP contribution in [0, 0.1) is 0 Å². The first-order valence-corrected chi connectivity index (χ1v) is 7.53. The molecule has 0 aliphatic carbocycles. The standard InChI is InChI=1S/C14H14NO2P/c16-15-11-12-18(17,13-7-3-1-4-8-13)14-9-5-2-6-10-14/h1-11,16H,12H2/b15-11+. The van der Waals surface area contributed by atoms with Crippen molar-refractivity contribution in [3.63, 3.8) is 0 Å². The van der Waals surface area contributed by atoms with Crippen molar-refractivity contribution >= 4 is 24.0 Å². The molecule has 0 fully saturated rings. The van der Waals surface area contributed by atoms with E-state index in [2.05, 4.69) is 5.16 Å². The minimum atomic E-state index is -2.75. The van der Waals surface area contributed by atoms with Gasteiger partial charge < -0.3 is 9.77 Å². The lowest BCUT2D eigenvalue weighted by molar-refractivity contribution is 0.321. The summed E-state index contributed by atoms with van der Waals surface area (Å²) in [5.41, 5.74) is 0. The van der Waals surface area contributed by atoms with Crippen LogP contribution < -0.4 is 10.6 Å². The largest absolute Gasteiger partial charge is 0.411 e. The lowest BCUT2D eigenvalue weighted by Gasteiger charge is -2.16. The highest BCUT2D eigenvalue weighted by atomic mass is 31.2. The van der Waals surface area contributed by atoms with E-state index in [-0.39, 0.29) is 6.16 Å². The molecule has 0 aliphatic heterocycles. The fraction of sp³-hybridized carbons (Fsp3) is 0.0714. The lowest BCUT2D eigenvalue weighted by Crippen LogP contribution is -2.18. The van der Waals surface area contributed by atoms with E-state index in [4.69, 9.17) is 5.21 Å². The molecular weight excluding hydrogens is 245 g/mol. The van der Waals surface area contributed by atoms with E-state index in [1.54, 1.807) is 0 Å². The summed E-state index contributed by atoms with van der Waals surface area (Å²) in [6.07, 6.45) is 1.51. The van der Waals surface area contributed by atoms with Gasteiger partial charge in [-0.05, 0) is 0 Å². The molecule has 0 unspecified atom stereocenters. The molecular formula is C14H14NO2P. The fourth-order valence-electron chi connectivity index (χ4n) is 1.85. The van der Waals surface area contributed by atoms with Crippen LogP contribution in [-0.4, -0.2) is 17.6 Å². The maximum absolute atomic E-state index is 13.2. The van der Waals surface area contributed by atoms with E-state index < -0.39 is 7.14 Å². The van der Waals surface area contributed by atoms with E-state index >= 15 is 0 Å². The fourth-order valence-corrected chi connectivity index (χ4v) is 4.18. The smallest absolute Gasteiger partial charge is 0.148 e. The summed E-state index contributed by atoms with van der Waals surface area (Å²) in [7, 11) is -2.75. The van der Waals surface area contributed by atoms with Gasteiger partial charge in [-0.25, -0.2) is 0 Å². The molecule has 0 atom stereocenters. The average Bonchev–Trinajstić information content (AvgIpc) is 2.46. The molecule has 1 N–H and O–H groups in total. The minimum absolute atomic E-state index is 0.220. The van der Waals surface area contributed by atoms with Gasteiger partial charge in [0.15, 0.2) is 0 Å². The Balaban J connectivity index is 2.52. The summed E-state index contributed by atoms with van der Waals surface area (Å²) in [5, 5.41) is 13.1. The number of hydrogen-bond acceptors (Lipinski definition) is 3. The van der Waals surface area contributed by atoms with Crippen LogP contribution >= 0.6 is 7.14 Å². The second kappa shape index (κ2) is 5.65. The van der Waals surface area contributed by atoms with Crippen molar-refractivity contribution in [1.29, 1.82) is 0 Å². The molecule has 0 aromatic heterocycles. The highest BCUT2D eigenvalue weighted by Crippen LogP contribution is 2.42. The molecule has 3 nitrogen and oxygen atoms in total. The first kappa shape index (κ1) is 12.6. The van der Waals surface area contributed by atoms with E-state index in [0.29, 0.717) is 0 Å². The zero-order valence-electron chi connectivity index (χ0n) is 9.81. The Labute approximate surface area is 106 Å². The summed E-state index contributed by atoms with van der Waals surface area (Å²) < 4.78 is 13.2. The molecule has 0 bridgehead atoms. The van der Waals surface area contributed by atoms with E-state index in [0.717, 1.165) is 10.6 Å².